The Morgan fingerprint density at radius 1 is 0.463 bits per heavy atom. The maximum absolute atomic E-state index is 15.5. The van der Waals surface area contributed by atoms with Crippen molar-refractivity contribution in [2.45, 2.75) is 65.2 Å². The molecule has 0 aliphatic heterocycles. The van der Waals surface area contributed by atoms with Crippen molar-refractivity contribution in [1.82, 2.24) is 0 Å². The molecule has 0 saturated carbocycles. The molecule has 0 aliphatic carbocycles. The standard InChI is InChI=1S/C70H64F6N4/c1-8-10-29-49(5)79(53-34-14-12-15-35-53)50(6)31-28-33-52-32-18-25-44-61(52)77-63-47-64(68(58-41-20-24-43-60(58)70(74,75)76)66(48(3)4)67(63)57-40-19-23-42-59(57)69(71,72)73)78-62-45-26-21-38-55(62)56-39-22-27-46-65(56)80(51(7)30-11-9-2)54-36-16-13-17-37-54/h10-32,34-48,77-78H,5-9,33H2,1-4H3/b29-10-,30-11-,31-28-. The van der Waals surface area contributed by atoms with Gasteiger partial charge in [-0.05, 0) is 126 Å². The van der Waals surface area contributed by atoms with Gasteiger partial charge in [0, 0.05) is 73.5 Å². The normalized spacial score (nSPS) is 11.9. The molecular formula is C70H64F6N4. The molecule has 406 valence electrons. The first-order valence-corrected chi connectivity index (χ1v) is 26.6. The van der Waals surface area contributed by atoms with Gasteiger partial charge in [0.05, 0.1) is 16.8 Å². The molecule has 10 heteroatoms. The molecule has 0 spiro atoms. The van der Waals surface area contributed by atoms with Crippen molar-refractivity contribution in [3.63, 3.8) is 0 Å². The van der Waals surface area contributed by atoms with E-state index in [4.69, 9.17) is 0 Å². The number of para-hydroxylation sites is 5. The molecule has 4 nitrogen and oxygen atoms in total. The molecule has 0 bridgehead atoms. The highest BCUT2D eigenvalue weighted by atomic mass is 19.4. The highest BCUT2D eigenvalue weighted by Crippen LogP contribution is 2.53. The number of rotatable bonds is 21. The highest BCUT2D eigenvalue weighted by molar-refractivity contribution is 6.00. The number of hydrogen-bond acceptors (Lipinski definition) is 4. The number of alkyl halides is 6. The van der Waals surface area contributed by atoms with Crippen LogP contribution in [0, 0.1) is 0 Å². The van der Waals surface area contributed by atoms with Crippen molar-refractivity contribution in [1.29, 1.82) is 0 Å². The smallest absolute Gasteiger partial charge is 0.355 e. The van der Waals surface area contributed by atoms with Crippen LogP contribution in [0.3, 0.4) is 0 Å². The lowest BCUT2D eigenvalue weighted by Crippen LogP contribution is -2.18. The summed E-state index contributed by atoms with van der Waals surface area (Å²) in [7, 11) is 0. The fourth-order valence-electron chi connectivity index (χ4n) is 9.97. The van der Waals surface area contributed by atoms with Crippen molar-refractivity contribution in [3.8, 4) is 33.4 Å². The number of nitrogens with one attached hydrogen (secondary N) is 2. The van der Waals surface area contributed by atoms with Crippen LogP contribution in [0.5, 0.6) is 0 Å². The summed E-state index contributed by atoms with van der Waals surface area (Å²) < 4.78 is 93.0. The predicted octanol–water partition coefficient (Wildman–Crippen LogP) is 21.6. The summed E-state index contributed by atoms with van der Waals surface area (Å²) in [4.78, 5) is 4.01. The van der Waals surface area contributed by atoms with Crippen molar-refractivity contribution < 1.29 is 26.3 Å². The van der Waals surface area contributed by atoms with Crippen LogP contribution < -0.4 is 20.4 Å². The number of nitrogens with zero attached hydrogens (tertiary/aromatic N) is 2. The minimum absolute atomic E-state index is 0.102. The van der Waals surface area contributed by atoms with Gasteiger partial charge in [-0.25, -0.2) is 0 Å². The Morgan fingerprint density at radius 2 is 0.887 bits per heavy atom. The summed E-state index contributed by atoms with van der Waals surface area (Å²) in [5, 5.41) is 7.18. The van der Waals surface area contributed by atoms with E-state index in [1.807, 2.05) is 189 Å². The monoisotopic (exact) mass is 1070 g/mol. The largest absolute Gasteiger partial charge is 0.417 e. The molecule has 0 unspecified atom stereocenters. The fourth-order valence-corrected chi connectivity index (χ4v) is 9.97. The maximum atomic E-state index is 15.5. The summed E-state index contributed by atoms with van der Waals surface area (Å²) in [5.74, 6) is -0.638. The number of hydrogen-bond donors (Lipinski definition) is 2. The zero-order valence-electron chi connectivity index (χ0n) is 45.3. The van der Waals surface area contributed by atoms with Crippen molar-refractivity contribution in [2.24, 2.45) is 0 Å². The van der Waals surface area contributed by atoms with Gasteiger partial charge in [0.25, 0.3) is 0 Å². The van der Waals surface area contributed by atoms with Gasteiger partial charge in [-0.15, -0.1) is 0 Å². The van der Waals surface area contributed by atoms with Crippen molar-refractivity contribution in [3.05, 3.63) is 284 Å². The Bertz CT molecular complexity index is 3570. The van der Waals surface area contributed by atoms with E-state index in [2.05, 4.69) is 35.3 Å². The summed E-state index contributed by atoms with van der Waals surface area (Å²) in [5.41, 5.74) is 6.64. The lowest BCUT2D eigenvalue weighted by atomic mass is 9.81. The molecule has 0 heterocycles. The first kappa shape index (κ1) is 57.2. The molecule has 0 amide bonds. The fraction of sp³-hybridized carbons (Fsp3) is 0.143. The van der Waals surface area contributed by atoms with Gasteiger partial charge >= 0.3 is 12.4 Å². The van der Waals surface area contributed by atoms with Crippen LogP contribution in [0.15, 0.2) is 261 Å². The van der Waals surface area contributed by atoms with E-state index >= 15 is 26.3 Å². The quantitative estimate of drug-likeness (QED) is 0.0555. The second-order valence-electron chi connectivity index (χ2n) is 19.4. The lowest BCUT2D eigenvalue weighted by molar-refractivity contribution is -0.137. The molecule has 0 saturated heterocycles. The van der Waals surface area contributed by atoms with Gasteiger partial charge in [-0.2, -0.15) is 26.3 Å². The van der Waals surface area contributed by atoms with Crippen LogP contribution in [-0.2, 0) is 18.8 Å². The first-order chi connectivity index (χ1) is 38.5. The highest BCUT2D eigenvalue weighted by Gasteiger charge is 2.38. The Morgan fingerprint density at radius 3 is 1.43 bits per heavy atom. The number of allylic oxidation sites excluding steroid dienone is 6. The zero-order chi connectivity index (χ0) is 57.0. The third kappa shape index (κ3) is 13.1. The molecule has 0 radical (unpaired) electrons. The Kier molecular flexibility index (Phi) is 18.3. The summed E-state index contributed by atoms with van der Waals surface area (Å²) in [6.07, 6.45) is 4.12. The topological polar surface area (TPSA) is 30.5 Å². The summed E-state index contributed by atoms with van der Waals surface area (Å²) in [6, 6.07) is 54.5. The predicted molar refractivity (Wildman–Crippen MR) is 323 cm³/mol. The van der Waals surface area contributed by atoms with Gasteiger partial charge in [0.15, 0.2) is 0 Å². The van der Waals surface area contributed by atoms with Gasteiger partial charge < -0.3 is 20.4 Å². The lowest BCUT2D eigenvalue weighted by Gasteiger charge is -2.30. The molecule has 0 aliphatic rings. The molecule has 8 aromatic rings. The molecule has 8 aromatic carbocycles. The van der Waals surface area contributed by atoms with E-state index in [9.17, 15) is 0 Å². The minimum atomic E-state index is -4.84. The van der Waals surface area contributed by atoms with Crippen LogP contribution in [-0.4, -0.2) is 0 Å². The molecule has 80 heavy (non-hydrogen) atoms. The van der Waals surface area contributed by atoms with Gasteiger partial charge in [0.1, 0.15) is 0 Å². The van der Waals surface area contributed by atoms with Gasteiger partial charge in [-0.3, -0.25) is 0 Å². The number of halogens is 6. The van der Waals surface area contributed by atoms with E-state index in [0.717, 1.165) is 58.9 Å². The minimum Gasteiger partial charge on any atom is -0.355 e. The van der Waals surface area contributed by atoms with E-state index < -0.39 is 29.4 Å². The number of benzene rings is 8. The summed E-state index contributed by atoms with van der Waals surface area (Å²) >= 11 is 0. The molecule has 0 atom stereocenters. The Labute approximate surface area is 466 Å². The molecule has 0 fully saturated rings. The molecule has 8 rings (SSSR count). The van der Waals surface area contributed by atoms with E-state index in [1.54, 1.807) is 19.9 Å². The van der Waals surface area contributed by atoms with Crippen LogP contribution in [0.25, 0.3) is 33.4 Å². The van der Waals surface area contributed by atoms with Crippen LogP contribution in [0.1, 0.15) is 68.7 Å². The van der Waals surface area contributed by atoms with E-state index in [0.29, 0.717) is 34.8 Å². The molecule has 0 aromatic heterocycles. The Hall–Kier alpha value is -9.02. The van der Waals surface area contributed by atoms with Crippen molar-refractivity contribution in [2.75, 3.05) is 20.4 Å². The second-order valence-corrected chi connectivity index (χ2v) is 19.4. The van der Waals surface area contributed by atoms with E-state index in [1.165, 1.54) is 36.4 Å². The van der Waals surface area contributed by atoms with Gasteiger partial charge in [0.2, 0.25) is 0 Å². The third-order valence-corrected chi connectivity index (χ3v) is 13.5. The third-order valence-electron chi connectivity index (χ3n) is 13.5. The number of anilines is 7. The SMILES string of the molecule is C=C(/C=C\CC)N(C(=C)/C=C\Cc1ccccc1Nc1cc(Nc2ccccc2-c2ccccc2N(C(=C)/C=C\CC)c2ccccc2)c(-c2ccccc2C(F)(F)F)c(C(C)C)c1-c1ccccc1C(F)(F)F)c1ccccc1. The van der Waals surface area contributed by atoms with Gasteiger partial charge in [-0.1, -0.05) is 193 Å². The van der Waals surface area contributed by atoms with Crippen LogP contribution >= 0.6 is 0 Å². The zero-order valence-corrected chi connectivity index (χ0v) is 45.3. The Balaban J connectivity index is 1.36. The van der Waals surface area contributed by atoms with Crippen LogP contribution in [0.4, 0.5) is 66.2 Å². The summed E-state index contributed by atoms with van der Waals surface area (Å²) in [6.45, 7) is 20.9. The van der Waals surface area contributed by atoms with Crippen LogP contribution in [0.2, 0.25) is 0 Å². The average Bonchev–Trinajstić information content (AvgIpc) is 3.60. The van der Waals surface area contributed by atoms with E-state index in [-0.39, 0.29) is 39.2 Å². The molecular weight excluding hydrogens is 1010 g/mol. The molecule has 2 N–H and O–H groups in total. The first-order valence-electron chi connectivity index (χ1n) is 26.6. The average molecular weight is 1080 g/mol. The van der Waals surface area contributed by atoms with Crippen molar-refractivity contribution >= 4 is 39.8 Å². The second kappa shape index (κ2) is 25.6. The maximum Gasteiger partial charge on any atom is 0.417 e.